The summed E-state index contributed by atoms with van der Waals surface area (Å²) in [5.41, 5.74) is 0.961. The van der Waals surface area contributed by atoms with Crippen LogP contribution >= 0.6 is 11.8 Å². The first-order valence-corrected chi connectivity index (χ1v) is 4.39. The number of pyridine rings is 1. The zero-order valence-corrected chi connectivity index (χ0v) is 6.57. The normalized spacial score (nSPS) is 9.70. The second kappa shape index (κ2) is 3.46. The summed E-state index contributed by atoms with van der Waals surface area (Å²) in [5, 5.41) is 0. The molecule has 1 rings (SSSR count). The summed E-state index contributed by atoms with van der Waals surface area (Å²) in [6.45, 7) is 0. The summed E-state index contributed by atoms with van der Waals surface area (Å²) in [7, 11) is 0. The van der Waals surface area contributed by atoms with Crippen LogP contribution in [0.5, 0.6) is 0 Å². The Kier molecular flexibility index (Phi) is 2.57. The molecule has 0 fully saturated rings. The van der Waals surface area contributed by atoms with Crippen molar-refractivity contribution in [1.29, 1.82) is 0 Å². The summed E-state index contributed by atoms with van der Waals surface area (Å²) in [6, 6.07) is 1.55. The van der Waals surface area contributed by atoms with Crippen molar-refractivity contribution < 1.29 is 0 Å². The van der Waals surface area contributed by atoms with E-state index in [1.165, 1.54) is 0 Å². The topological polar surface area (TPSA) is 32.9 Å². The number of thioether (sulfide) groups is 1. The van der Waals surface area contributed by atoms with Crippen LogP contribution in [0.4, 0.5) is 0 Å². The average molecular weight is 155 g/mol. The third-order valence-electron chi connectivity index (χ3n) is 1.20. The largest absolute Gasteiger partial charge is 0.367 e. The molecule has 0 saturated carbocycles. The van der Waals surface area contributed by atoms with Crippen molar-refractivity contribution in [2.75, 3.05) is 6.26 Å². The minimum Gasteiger partial charge on any atom is -0.367 e. The summed E-state index contributed by atoms with van der Waals surface area (Å²) < 4.78 is 0. The molecule has 54 valence electrons. The highest BCUT2D eigenvalue weighted by atomic mass is 32.2. The van der Waals surface area contributed by atoms with Gasteiger partial charge in [-0.3, -0.25) is 4.79 Å². The number of hydrogen-bond donors (Lipinski definition) is 1. The summed E-state index contributed by atoms with van der Waals surface area (Å²) in [4.78, 5) is 13.8. The number of hydrogen-bond acceptors (Lipinski definition) is 2. The van der Waals surface area contributed by atoms with Gasteiger partial charge in [0, 0.05) is 29.8 Å². The quantitative estimate of drug-likeness (QED) is 0.697. The van der Waals surface area contributed by atoms with Crippen LogP contribution in [-0.4, -0.2) is 11.2 Å². The van der Waals surface area contributed by atoms with Crippen LogP contribution in [0, 0.1) is 0 Å². The highest BCUT2D eigenvalue weighted by molar-refractivity contribution is 7.97. The van der Waals surface area contributed by atoms with Crippen LogP contribution in [0.25, 0.3) is 0 Å². The molecular weight excluding hydrogens is 146 g/mol. The first-order chi connectivity index (χ1) is 4.84. The molecule has 1 N–H and O–H groups in total. The van der Waals surface area contributed by atoms with E-state index in [9.17, 15) is 4.79 Å². The Morgan fingerprint density at radius 3 is 3.10 bits per heavy atom. The predicted octanol–water partition coefficient (Wildman–Crippen LogP) is 1.24. The third kappa shape index (κ3) is 1.64. The van der Waals surface area contributed by atoms with Crippen LogP contribution in [-0.2, 0) is 5.75 Å². The van der Waals surface area contributed by atoms with Gasteiger partial charge in [0.15, 0.2) is 5.43 Å². The average Bonchev–Trinajstić information content (AvgIpc) is 1.94. The number of aromatic nitrogens is 1. The molecule has 0 aliphatic carbocycles. The molecule has 0 radical (unpaired) electrons. The van der Waals surface area contributed by atoms with Crippen molar-refractivity contribution in [2.45, 2.75) is 5.75 Å². The first-order valence-electron chi connectivity index (χ1n) is 2.99. The van der Waals surface area contributed by atoms with Crippen molar-refractivity contribution in [3.05, 3.63) is 34.2 Å². The fourth-order valence-electron chi connectivity index (χ4n) is 0.719. The SMILES string of the molecule is CSCc1c[nH]ccc1=O. The van der Waals surface area contributed by atoms with Gasteiger partial charge >= 0.3 is 0 Å². The Balaban J connectivity index is 2.92. The highest BCUT2D eigenvalue weighted by Crippen LogP contribution is 2.01. The predicted molar refractivity (Wildman–Crippen MR) is 44.3 cm³/mol. The highest BCUT2D eigenvalue weighted by Gasteiger charge is 1.93. The van der Waals surface area contributed by atoms with E-state index in [0.717, 1.165) is 11.3 Å². The molecule has 0 aromatic carbocycles. The van der Waals surface area contributed by atoms with Gasteiger partial charge in [-0.05, 0) is 6.26 Å². The van der Waals surface area contributed by atoms with Gasteiger partial charge in [0.1, 0.15) is 0 Å². The molecule has 0 saturated heterocycles. The lowest BCUT2D eigenvalue weighted by molar-refractivity contribution is 1.22. The van der Waals surface area contributed by atoms with Crippen molar-refractivity contribution in [1.82, 2.24) is 4.98 Å². The molecule has 1 aromatic heterocycles. The lowest BCUT2D eigenvalue weighted by Crippen LogP contribution is -2.05. The van der Waals surface area contributed by atoms with Gasteiger partial charge in [-0.2, -0.15) is 11.8 Å². The number of H-pyrrole nitrogens is 1. The van der Waals surface area contributed by atoms with Crippen molar-refractivity contribution in [3.8, 4) is 0 Å². The van der Waals surface area contributed by atoms with Crippen LogP contribution in [0.3, 0.4) is 0 Å². The molecule has 0 bridgehead atoms. The Morgan fingerprint density at radius 2 is 2.50 bits per heavy atom. The second-order valence-corrected chi connectivity index (χ2v) is 2.83. The maximum atomic E-state index is 11.0. The Bertz CT molecular complexity index is 256. The van der Waals surface area contributed by atoms with Gasteiger partial charge in [-0.15, -0.1) is 0 Å². The minimum absolute atomic E-state index is 0.119. The lowest BCUT2D eigenvalue weighted by atomic mass is 10.3. The van der Waals surface area contributed by atoms with Gasteiger partial charge in [0.25, 0.3) is 0 Å². The summed E-state index contributed by atoms with van der Waals surface area (Å²) in [6.07, 6.45) is 5.37. The standard InChI is InChI=1S/C7H9NOS/c1-10-5-6-4-8-3-2-7(6)9/h2-4H,5H2,1H3,(H,8,9). The van der Waals surface area contributed by atoms with E-state index >= 15 is 0 Å². The molecule has 0 spiro atoms. The van der Waals surface area contributed by atoms with Gasteiger partial charge in [-0.25, -0.2) is 0 Å². The van der Waals surface area contributed by atoms with E-state index in [4.69, 9.17) is 0 Å². The van der Waals surface area contributed by atoms with Gasteiger partial charge in [-0.1, -0.05) is 0 Å². The molecule has 0 atom stereocenters. The molecular formula is C7H9NOS. The maximum absolute atomic E-state index is 11.0. The molecule has 0 aliphatic heterocycles. The number of rotatable bonds is 2. The van der Waals surface area contributed by atoms with E-state index in [0.29, 0.717) is 0 Å². The maximum Gasteiger partial charge on any atom is 0.185 e. The third-order valence-corrected chi connectivity index (χ3v) is 1.80. The first kappa shape index (κ1) is 7.41. The molecule has 10 heavy (non-hydrogen) atoms. The van der Waals surface area contributed by atoms with Crippen molar-refractivity contribution in [3.63, 3.8) is 0 Å². The van der Waals surface area contributed by atoms with Crippen molar-refractivity contribution in [2.24, 2.45) is 0 Å². The zero-order chi connectivity index (χ0) is 7.40. The minimum atomic E-state index is 0.119. The Labute approximate surface area is 63.7 Å². The molecule has 1 heterocycles. The number of nitrogens with one attached hydrogen (secondary N) is 1. The Morgan fingerprint density at radius 1 is 1.70 bits per heavy atom. The molecule has 0 unspecified atom stereocenters. The van der Waals surface area contributed by atoms with E-state index in [1.807, 2.05) is 6.26 Å². The zero-order valence-electron chi connectivity index (χ0n) is 5.76. The molecule has 0 amide bonds. The molecule has 3 heteroatoms. The number of aromatic amines is 1. The lowest BCUT2D eigenvalue weighted by Gasteiger charge is -1.93. The van der Waals surface area contributed by atoms with E-state index in [1.54, 1.807) is 30.2 Å². The van der Waals surface area contributed by atoms with Crippen LogP contribution in [0.1, 0.15) is 5.56 Å². The van der Waals surface area contributed by atoms with Crippen LogP contribution in [0.2, 0.25) is 0 Å². The fourth-order valence-corrected chi connectivity index (χ4v) is 1.26. The molecule has 0 aliphatic rings. The van der Waals surface area contributed by atoms with Gasteiger partial charge in [0.2, 0.25) is 0 Å². The molecule has 2 nitrogen and oxygen atoms in total. The van der Waals surface area contributed by atoms with E-state index in [2.05, 4.69) is 4.98 Å². The van der Waals surface area contributed by atoms with Crippen LogP contribution < -0.4 is 5.43 Å². The Hall–Kier alpha value is -0.700. The second-order valence-electron chi connectivity index (χ2n) is 1.97. The smallest absolute Gasteiger partial charge is 0.185 e. The van der Waals surface area contributed by atoms with Crippen LogP contribution in [0.15, 0.2) is 23.3 Å². The molecule has 1 aromatic rings. The fraction of sp³-hybridized carbons (Fsp3) is 0.286. The van der Waals surface area contributed by atoms with E-state index in [-0.39, 0.29) is 5.43 Å². The van der Waals surface area contributed by atoms with Gasteiger partial charge in [0.05, 0.1) is 0 Å². The van der Waals surface area contributed by atoms with E-state index < -0.39 is 0 Å². The summed E-state index contributed by atoms with van der Waals surface area (Å²) >= 11 is 1.65. The monoisotopic (exact) mass is 155 g/mol. The summed E-state index contributed by atoms with van der Waals surface area (Å²) in [5.74, 6) is 0.788. The van der Waals surface area contributed by atoms with Gasteiger partial charge < -0.3 is 4.98 Å². The van der Waals surface area contributed by atoms with Crippen molar-refractivity contribution >= 4 is 11.8 Å².